The molecule has 0 bridgehead atoms. The van der Waals surface area contributed by atoms with Gasteiger partial charge in [0.1, 0.15) is 5.82 Å². The number of sulfonamides is 1. The third kappa shape index (κ3) is 3.79. The minimum absolute atomic E-state index is 0.0501. The van der Waals surface area contributed by atoms with Gasteiger partial charge in [0.05, 0.1) is 17.6 Å². The van der Waals surface area contributed by atoms with Crippen LogP contribution >= 0.6 is 0 Å². The molecule has 0 radical (unpaired) electrons. The minimum Gasteiger partial charge on any atom is -0.391 e. The number of nitrogens with zero attached hydrogens (tertiary/aromatic N) is 5. The van der Waals surface area contributed by atoms with Gasteiger partial charge < -0.3 is 14.9 Å². The van der Waals surface area contributed by atoms with E-state index in [-0.39, 0.29) is 11.7 Å². The third-order valence-corrected chi connectivity index (χ3v) is 7.20. The number of β-amino-alcohol motifs (C(OH)–C–C–N with tert-alkyl or cyclic N) is 1. The molecule has 0 aromatic carbocycles. The summed E-state index contributed by atoms with van der Waals surface area (Å²) in [5.74, 6) is 1.16. The highest BCUT2D eigenvalue weighted by molar-refractivity contribution is 7.89. The van der Waals surface area contributed by atoms with E-state index in [1.54, 1.807) is 0 Å². The Bertz CT molecular complexity index is 766. The van der Waals surface area contributed by atoms with Crippen molar-refractivity contribution >= 4 is 21.8 Å². The molecule has 1 aromatic rings. The topological polar surface area (TPSA) is 89.9 Å². The summed E-state index contributed by atoms with van der Waals surface area (Å²) in [6.45, 7) is 0.897. The molecule has 1 saturated heterocycles. The lowest BCUT2D eigenvalue weighted by Crippen LogP contribution is -2.33. The summed E-state index contributed by atoms with van der Waals surface area (Å²) < 4.78 is 25.7. The second-order valence-corrected chi connectivity index (χ2v) is 9.89. The van der Waals surface area contributed by atoms with Crippen molar-refractivity contribution in [1.82, 2.24) is 14.3 Å². The number of hydrogen-bond donors (Lipinski definition) is 1. The Morgan fingerprint density at radius 2 is 1.81 bits per heavy atom. The number of aliphatic hydroxyl groups excluding tert-OH is 1. The SMILES string of the molecule is CN(C)c1nc2c(c(N3C[C@@H](CS(=O)(=O)N(C)C)[C@H](O)C3)n1)CCCC2. The van der Waals surface area contributed by atoms with Gasteiger partial charge >= 0.3 is 0 Å². The van der Waals surface area contributed by atoms with Crippen molar-refractivity contribution in [2.75, 3.05) is 56.8 Å². The highest BCUT2D eigenvalue weighted by atomic mass is 32.2. The van der Waals surface area contributed by atoms with E-state index in [1.807, 2.05) is 23.9 Å². The van der Waals surface area contributed by atoms with Gasteiger partial charge in [-0.25, -0.2) is 17.7 Å². The maximum atomic E-state index is 12.2. The van der Waals surface area contributed by atoms with Crippen LogP contribution in [0.15, 0.2) is 0 Å². The van der Waals surface area contributed by atoms with Crippen molar-refractivity contribution in [2.24, 2.45) is 5.92 Å². The Morgan fingerprint density at radius 1 is 1.12 bits per heavy atom. The zero-order valence-electron chi connectivity index (χ0n) is 16.0. The molecular formula is C17H29N5O3S. The lowest BCUT2D eigenvalue weighted by molar-refractivity contribution is 0.157. The van der Waals surface area contributed by atoms with Crippen molar-refractivity contribution in [1.29, 1.82) is 0 Å². The summed E-state index contributed by atoms with van der Waals surface area (Å²) in [5.41, 5.74) is 2.24. The number of fused-ring (bicyclic) bond motifs is 1. The van der Waals surface area contributed by atoms with Crippen molar-refractivity contribution in [3.8, 4) is 0 Å². The van der Waals surface area contributed by atoms with E-state index in [9.17, 15) is 13.5 Å². The van der Waals surface area contributed by atoms with E-state index in [2.05, 4.69) is 4.98 Å². The molecule has 8 nitrogen and oxygen atoms in total. The highest BCUT2D eigenvalue weighted by Gasteiger charge is 2.37. The van der Waals surface area contributed by atoms with E-state index in [1.165, 1.54) is 18.4 Å². The van der Waals surface area contributed by atoms with E-state index in [0.717, 1.165) is 42.8 Å². The lowest BCUT2D eigenvalue weighted by Gasteiger charge is -2.26. The molecule has 2 atom stereocenters. The monoisotopic (exact) mass is 383 g/mol. The van der Waals surface area contributed by atoms with Crippen LogP contribution < -0.4 is 9.80 Å². The maximum absolute atomic E-state index is 12.2. The molecule has 0 saturated carbocycles. The summed E-state index contributed by atoms with van der Waals surface area (Å²) in [6, 6.07) is 0. The zero-order chi connectivity index (χ0) is 19.1. The number of aromatic nitrogens is 2. The van der Waals surface area contributed by atoms with Crippen molar-refractivity contribution in [3.63, 3.8) is 0 Å². The molecule has 26 heavy (non-hydrogen) atoms. The van der Waals surface area contributed by atoms with Crippen molar-refractivity contribution < 1.29 is 13.5 Å². The van der Waals surface area contributed by atoms with Crippen LogP contribution in [-0.2, 0) is 22.9 Å². The standard InChI is InChI=1S/C17H29N5O3S/c1-20(2)17-18-14-8-6-5-7-13(14)16(19-17)22-9-12(15(23)10-22)11-26(24,25)21(3)4/h12,15,23H,5-11H2,1-4H3/t12-,15+/m0/s1. The summed E-state index contributed by atoms with van der Waals surface area (Å²) in [5, 5.41) is 10.5. The van der Waals surface area contributed by atoms with Gasteiger partial charge in [0.2, 0.25) is 16.0 Å². The fourth-order valence-corrected chi connectivity index (χ4v) is 4.80. The van der Waals surface area contributed by atoms with Crippen LogP contribution in [0.4, 0.5) is 11.8 Å². The fraction of sp³-hybridized carbons (Fsp3) is 0.765. The summed E-state index contributed by atoms with van der Waals surface area (Å²) in [4.78, 5) is 13.4. The van der Waals surface area contributed by atoms with Crippen molar-refractivity contribution in [2.45, 2.75) is 31.8 Å². The number of aliphatic hydroxyl groups is 1. The van der Waals surface area contributed by atoms with Gasteiger partial charge in [-0.05, 0) is 25.7 Å². The first-order chi connectivity index (χ1) is 12.2. The number of aryl methyl sites for hydroxylation is 1. The second-order valence-electron chi connectivity index (χ2n) is 7.67. The Balaban J connectivity index is 1.89. The maximum Gasteiger partial charge on any atom is 0.227 e. The summed E-state index contributed by atoms with van der Waals surface area (Å²) in [6.07, 6.45) is 3.44. The average Bonchev–Trinajstić information content (AvgIpc) is 2.93. The Kier molecular flexibility index (Phi) is 5.41. The quantitative estimate of drug-likeness (QED) is 0.772. The van der Waals surface area contributed by atoms with Crippen LogP contribution in [0.1, 0.15) is 24.1 Å². The van der Waals surface area contributed by atoms with E-state index >= 15 is 0 Å². The largest absolute Gasteiger partial charge is 0.391 e. The molecule has 2 heterocycles. The molecule has 1 aromatic heterocycles. The van der Waals surface area contributed by atoms with Gasteiger partial charge in [-0.3, -0.25) is 0 Å². The fourth-order valence-electron chi connectivity index (χ4n) is 3.63. The van der Waals surface area contributed by atoms with Crippen LogP contribution in [0.25, 0.3) is 0 Å². The van der Waals surface area contributed by atoms with Crippen LogP contribution in [0.3, 0.4) is 0 Å². The molecule has 2 aliphatic rings. The van der Waals surface area contributed by atoms with Gasteiger partial charge in [0, 0.05) is 52.8 Å². The van der Waals surface area contributed by atoms with E-state index < -0.39 is 16.1 Å². The van der Waals surface area contributed by atoms with Crippen LogP contribution in [0, 0.1) is 5.92 Å². The predicted octanol–water partition coefficient (Wildman–Crippen LogP) is 0.110. The van der Waals surface area contributed by atoms with Crippen LogP contribution in [-0.4, -0.2) is 80.9 Å². The molecule has 0 unspecified atom stereocenters. The van der Waals surface area contributed by atoms with E-state index in [4.69, 9.17) is 4.98 Å². The van der Waals surface area contributed by atoms with Crippen LogP contribution in [0.5, 0.6) is 0 Å². The van der Waals surface area contributed by atoms with Gasteiger partial charge in [0.25, 0.3) is 0 Å². The zero-order valence-corrected chi connectivity index (χ0v) is 16.8. The minimum atomic E-state index is -3.35. The number of hydrogen-bond acceptors (Lipinski definition) is 7. The van der Waals surface area contributed by atoms with Crippen molar-refractivity contribution in [3.05, 3.63) is 11.3 Å². The van der Waals surface area contributed by atoms with Crippen LogP contribution in [0.2, 0.25) is 0 Å². The Labute approximate surface area is 155 Å². The summed E-state index contributed by atoms with van der Waals surface area (Å²) >= 11 is 0. The molecule has 146 valence electrons. The summed E-state index contributed by atoms with van der Waals surface area (Å²) in [7, 11) is 3.53. The van der Waals surface area contributed by atoms with Gasteiger partial charge in [-0.1, -0.05) is 0 Å². The molecule has 1 N–H and O–H groups in total. The molecular weight excluding hydrogens is 354 g/mol. The highest BCUT2D eigenvalue weighted by Crippen LogP contribution is 2.33. The average molecular weight is 384 g/mol. The smallest absolute Gasteiger partial charge is 0.227 e. The molecule has 9 heteroatoms. The molecule has 1 aliphatic carbocycles. The van der Waals surface area contributed by atoms with E-state index in [0.29, 0.717) is 19.0 Å². The predicted molar refractivity (Wildman–Crippen MR) is 102 cm³/mol. The van der Waals surface area contributed by atoms with Gasteiger partial charge in [-0.2, -0.15) is 4.98 Å². The normalized spacial score (nSPS) is 23.4. The third-order valence-electron chi connectivity index (χ3n) is 5.24. The molecule has 1 aliphatic heterocycles. The van der Waals surface area contributed by atoms with Gasteiger partial charge in [0.15, 0.2) is 0 Å². The Morgan fingerprint density at radius 3 is 2.46 bits per heavy atom. The molecule has 1 fully saturated rings. The first kappa shape index (κ1) is 19.3. The number of anilines is 2. The first-order valence-corrected chi connectivity index (χ1v) is 10.7. The number of rotatable bonds is 5. The molecule has 0 spiro atoms. The van der Waals surface area contributed by atoms with Gasteiger partial charge in [-0.15, -0.1) is 0 Å². The molecule has 0 amide bonds. The Hall–Kier alpha value is -1.45. The second kappa shape index (κ2) is 7.28. The lowest BCUT2D eigenvalue weighted by atomic mass is 9.96. The molecule has 3 rings (SSSR count). The first-order valence-electron chi connectivity index (χ1n) is 9.09.